The van der Waals surface area contributed by atoms with Gasteiger partial charge in [0.2, 0.25) is 0 Å². The first-order valence-electron chi connectivity index (χ1n) is 3.76. The molecule has 2 unspecified atom stereocenters. The molecule has 10 heavy (non-hydrogen) atoms. The van der Waals surface area contributed by atoms with E-state index < -0.39 is 8.07 Å². The molecule has 0 aromatic carbocycles. The van der Waals surface area contributed by atoms with Crippen LogP contribution in [0.4, 0.5) is 0 Å². The van der Waals surface area contributed by atoms with Gasteiger partial charge in [0.25, 0.3) is 0 Å². The molecule has 0 spiro atoms. The third kappa shape index (κ3) is 4.96. The van der Waals surface area contributed by atoms with E-state index in [2.05, 4.69) is 19.6 Å². The number of rotatable bonds is 3. The summed E-state index contributed by atoms with van der Waals surface area (Å²) in [6.45, 7) is 8.56. The van der Waals surface area contributed by atoms with Gasteiger partial charge in [0.1, 0.15) is 0 Å². The second kappa shape index (κ2) is 3.51. The molecule has 0 amide bonds. The first-order chi connectivity index (χ1) is 4.33. The molecule has 0 radical (unpaired) electrons. The molecule has 0 heterocycles. The Balaban J connectivity index is 3.68. The minimum atomic E-state index is -1.11. The zero-order valence-electron chi connectivity index (χ0n) is 7.39. The summed E-state index contributed by atoms with van der Waals surface area (Å²) in [6, 6.07) is 0.830. The monoisotopic (exact) mass is 161 g/mol. The van der Waals surface area contributed by atoms with E-state index in [1.807, 2.05) is 6.92 Å². The van der Waals surface area contributed by atoms with E-state index in [1.165, 1.54) is 0 Å². The Kier molecular flexibility index (Phi) is 3.55. The standard InChI is InChI=1S/C7H19NOSi/c1-6(8)7(9)5-10(2,3)4/h6-7,9H,5,8H2,1-4H3. The Morgan fingerprint density at radius 1 is 1.40 bits per heavy atom. The predicted molar refractivity (Wildman–Crippen MR) is 47.8 cm³/mol. The summed E-state index contributed by atoms with van der Waals surface area (Å²) in [5.41, 5.74) is 5.52. The van der Waals surface area contributed by atoms with Crippen molar-refractivity contribution in [1.29, 1.82) is 0 Å². The highest BCUT2D eigenvalue weighted by atomic mass is 28.3. The summed E-state index contributed by atoms with van der Waals surface area (Å²) in [7, 11) is -1.11. The summed E-state index contributed by atoms with van der Waals surface area (Å²) in [5.74, 6) is 0. The van der Waals surface area contributed by atoms with Gasteiger partial charge in [-0.2, -0.15) is 0 Å². The molecule has 0 rings (SSSR count). The quantitative estimate of drug-likeness (QED) is 0.607. The van der Waals surface area contributed by atoms with Crippen LogP contribution >= 0.6 is 0 Å². The molecule has 2 atom stereocenters. The highest BCUT2D eigenvalue weighted by Gasteiger charge is 2.20. The van der Waals surface area contributed by atoms with Crippen molar-refractivity contribution in [2.24, 2.45) is 5.73 Å². The Morgan fingerprint density at radius 2 is 1.80 bits per heavy atom. The van der Waals surface area contributed by atoms with Crippen LogP contribution in [-0.4, -0.2) is 25.3 Å². The maximum absolute atomic E-state index is 9.37. The molecular weight excluding hydrogens is 142 g/mol. The van der Waals surface area contributed by atoms with Crippen LogP contribution in [0.2, 0.25) is 25.7 Å². The van der Waals surface area contributed by atoms with Gasteiger partial charge in [0.05, 0.1) is 6.10 Å². The van der Waals surface area contributed by atoms with Crippen molar-refractivity contribution >= 4 is 8.07 Å². The Bertz CT molecular complexity index is 98.3. The van der Waals surface area contributed by atoms with Gasteiger partial charge in [0.15, 0.2) is 0 Å². The van der Waals surface area contributed by atoms with Gasteiger partial charge < -0.3 is 10.8 Å². The lowest BCUT2D eigenvalue weighted by Crippen LogP contribution is -2.37. The fourth-order valence-electron chi connectivity index (χ4n) is 0.813. The maximum Gasteiger partial charge on any atom is 0.0665 e. The van der Waals surface area contributed by atoms with Gasteiger partial charge in [-0.3, -0.25) is 0 Å². The molecular formula is C7H19NOSi. The van der Waals surface area contributed by atoms with Gasteiger partial charge >= 0.3 is 0 Å². The maximum atomic E-state index is 9.37. The van der Waals surface area contributed by atoms with E-state index in [-0.39, 0.29) is 12.1 Å². The van der Waals surface area contributed by atoms with Gasteiger partial charge in [-0.1, -0.05) is 19.6 Å². The van der Waals surface area contributed by atoms with Crippen LogP contribution in [0.1, 0.15) is 6.92 Å². The fourth-order valence-corrected chi connectivity index (χ4v) is 2.44. The third-order valence-corrected chi connectivity index (χ3v) is 3.07. The highest BCUT2D eigenvalue weighted by Crippen LogP contribution is 2.12. The average molecular weight is 161 g/mol. The molecule has 3 heteroatoms. The van der Waals surface area contributed by atoms with Crippen LogP contribution in [0, 0.1) is 0 Å². The fraction of sp³-hybridized carbons (Fsp3) is 1.00. The van der Waals surface area contributed by atoms with Crippen LogP contribution in [0.15, 0.2) is 0 Å². The summed E-state index contributed by atoms with van der Waals surface area (Å²) in [6.07, 6.45) is -0.299. The predicted octanol–water partition coefficient (Wildman–Crippen LogP) is 1.03. The van der Waals surface area contributed by atoms with E-state index in [1.54, 1.807) is 0 Å². The van der Waals surface area contributed by atoms with E-state index in [0.717, 1.165) is 6.04 Å². The first kappa shape index (κ1) is 10.1. The number of nitrogens with two attached hydrogens (primary N) is 1. The second-order valence-corrected chi connectivity index (χ2v) is 9.72. The molecule has 0 aromatic rings. The highest BCUT2D eigenvalue weighted by molar-refractivity contribution is 6.76. The minimum absolute atomic E-state index is 0.0771. The number of hydrogen-bond donors (Lipinski definition) is 2. The van der Waals surface area contributed by atoms with Gasteiger partial charge in [-0.15, -0.1) is 0 Å². The van der Waals surface area contributed by atoms with Crippen LogP contribution in [-0.2, 0) is 0 Å². The molecule has 0 bridgehead atoms. The van der Waals surface area contributed by atoms with Crippen molar-refractivity contribution in [1.82, 2.24) is 0 Å². The van der Waals surface area contributed by atoms with E-state index in [0.29, 0.717) is 0 Å². The van der Waals surface area contributed by atoms with Crippen LogP contribution in [0.25, 0.3) is 0 Å². The Labute approximate surface area is 64.4 Å². The van der Waals surface area contributed by atoms with Crippen LogP contribution < -0.4 is 5.73 Å². The van der Waals surface area contributed by atoms with Gasteiger partial charge in [-0.25, -0.2) is 0 Å². The largest absolute Gasteiger partial charge is 0.392 e. The lowest BCUT2D eigenvalue weighted by Gasteiger charge is -2.22. The van der Waals surface area contributed by atoms with E-state index >= 15 is 0 Å². The normalized spacial score (nSPS) is 18.6. The molecule has 0 aliphatic rings. The zero-order valence-corrected chi connectivity index (χ0v) is 8.39. The van der Waals surface area contributed by atoms with Crippen molar-refractivity contribution in [3.8, 4) is 0 Å². The number of hydrogen-bond acceptors (Lipinski definition) is 2. The molecule has 0 aromatic heterocycles. The first-order valence-corrected chi connectivity index (χ1v) is 7.47. The van der Waals surface area contributed by atoms with Crippen LogP contribution in [0.3, 0.4) is 0 Å². The summed E-state index contributed by atoms with van der Waals surface area (Å²) in [4.78, 5) is 0. The number of aliphatic hydroxyl groups is 1. The molecule has 3 N–H and O–H groups in total. The number of aliphatic hydroxyl groups excluding tert-OH is 1. The molecule has 0 saturated carbocycles. The van der Waals surface area contributed by atoms with Crippen molar-refractivity contribution in [2.45, 2.75) is 44.8 Å². The summed E-state index contributed by atoms with van der Waals surface area (Å²) >= 11 is 0. The molecule has 0 aliphatic carbocycles. The minimum Gasteiger partial charge on any atom is -0.392 e. The SMILES string of the molecule is CC(N)C(O)C[Si](C)(C)C. The van der Waals surface area contributed by atoms with E-state index in [9.17, 15) is 5.11 Å². The molecule has 2 nitrogen and oxygen atoms in total. The van der Waals surface area contributed by atoms with E-state index in [4.69, 9.17) is 5.73 Å². The van der Waals surface area contributed by atoms with Crippen molar-refractivity contribution in [3.63, 3.8) is 0 Å². The topological polar surface area (TPSA) is 46.2 Å². The van der Waals surface area contributed by atoms with Crippen molar-refractivity contribution < 1.29 is 5.11 Å². The van der Waals surface area contributed by atoms with Crippen molar-refractivity contribution in [2.75, 3.05) is 0 Å². The zero-order chi connectivity index (χ0) is 8.36. The van der Waals surface area contributed by atoms with Gasteiger partial charge in [-0.05, 0) is 13.0 Å². The molecule has 62 valence electrons. The summed E-state index contributed by atoms with van der Waals surface area (Å²) < 4.78 is 0. The summed E-state index contributed by atoms with van der Waals surface area (Å²) in [5, 5.41) is 9.37. The average Bonchev–Trinajstić information content (AvgIpc) is 1.60. The molecule has 0 fully saturated rings. The smallest absolute Gasteiger partial charge is 0.0665 e. The second-order valence-electron chi connectivity index (χ2n) is 4.19. The lowest BCUT2D eigenvalue weighted by molar-refractivity contribution is 0.169. The molecule has 0 aliphatic heterocycles. The Hall–Kier alpha value is 0.137. The van der Waals surface area contributed by atoms with Gasteiger partial charge in [0, 0.05) is 14.1 Å². The van der Waals surface area contributed by atoms with Crippen molar-refractivity contribution in [3.05, 3.63) is 0 Å². The third-order valence-electron chi connectivity index (χ3n) is 1.43. The Morgan fingerprint density at radius 3 is 1.90 bits per heavy atom. The molecule has 0 saturated heterocycles. The lowest BCUT2D eigenvalue weighted by atomic mass is 10.2. The van der Waals surface area contributed by atoms with Crippen LogP contribution in [0.5, 0.6) is 0 Å².